The van der Waals surface area contributed by atoms with Crippen molar-refractivity contribution in [1.82, 2.24) is 24.7 Å². The van der Waals surface area contributed by atoms with Gasteiger partial charge in [-0.3, -0.25) is 9.59 Å². The third-order valence-corrected chi connectivity index (χ3v) is 8.47. The van der Waals surface area contributed by atoms with Crippen LogP contribution in [-0.4, -0.2) is 65.2 Å². The predicted octanol–water partition coefficient (Wildman–Crippen LogP) is 2.33. The second kappa shape index (κ2) is 8.74. The summed E-state index contributed by atoms with van der Waals surface area (Å²) in [7, 11) is -4.02. The number of aryl methyl sites for hydroxylation is 2. The Labute approximate surface area is 208 Å². The zero-order valence-electron chi connectivity index (χ0n) is 20.6. The Morgan fingerprint density at radius 2 is 1.75 bits per heavy atom. The van der Waals surface area contributed by atoms with E-state index in [4.69, 9.17) is 0 Å². The van der Waals surface area contributed by atoms with Crippen LogP contribution >= 0.6 is 0 Å². The predicted molar refractivity (Wildman–Crippen MR) is 136 cm³/mol. The number of hydrogen-bond acceptors (Lipinski definition) is 7. The van der Waals surface area contributed by atoms with E-state index < -0.39 is 15.4 Å². The average molecular weight is 509 g/mol. The summed E-state index contributed by atoms with van der Waals surface area (Å²) in [5.74, 6) is 0.0975. The van der Waals surface area contributed by atoms with Crippen LogP contribution in [0.3, 0.4) is 0 Å². The lowest BCUT2D eigenvalue weighted by molar-refractivity contribution is -0.134. The second-order valence-corrected chi connectivity index (χ2v) is 11.4. The largest absolute Gasteiger partial charge is 0.368 e. The van der Waals surface area contributed by atoms with Crippen molar-refractivity contribution in [3.8, 4) is 0 Å². The van der Waals surface area contributed by atoms with Crippen LogP contribution in [-0.2, 0) is 14.6 Å². The van der Waals surface area contributed by atoms with E-state index in [2.05, 4.69) is 20.2 Å². The fraction of sp³-hybridized carbons (Fsp3) is 0.360. The Morgan fingerprint density at radius 3 is 2.42 bits per heavy atom. The molecule has 0 aliphatic carbocycles. The van der Waals surface area contributed by atoms with Crippen molar-refractivity contribution < 1.29 is 13.2 Å². The summed E-state index contributed by atoms with van der Waals surface area (Å²) in [6.07, 6.45) is 0. The van der Waals surface area contributed by atoms with Crippen molar-refractivity contribution >= 4 is 38.0 Å². The maximum atomic E-state index is 13.5. The first-order valence-electron chi connectivity index (χ1n) is 11.9. The first-order valence-corrected chi connectivity index (χ1v) is 13.3. The summed E-state index contributed by atoms with van der Waals surface area (Å²) >= 11 is 0. The number of carbonyl (C=O) groups is 1. The molecular formula is C25H28N6O4S. The van der Waals surface area contributed by atoms with E-state index >= 15 is 0 Å². The van der Waals surface area contributed by atoms with Crippen LogP contribution in [0, 0.1) is 19.8 Å². The third kappa shape index (κ3) is 3.93. The molecule has 0 spiro atoms. The van der Waals surface area contributed by atoms with Crippen LogP contribution in [0.1, 0.15) is 25.0 Å². The Morgan fingerprint density at radius 1 is 1.03 bits per heavy atom. The van der Waals surface area contributed by atoms with Crippen LogP contribution in [0.5, 0.6) is 0 Å². The Kier molecular flexibility index (Phi) is 5.82. The molecule has 1 amide bonds. The lowest BCUT2D eigenvalue weighted by atomic mass is 10.1. The minimum atomic E-state index is -4.02. The Hall–Kier alpha value is -3.73. The molecule has 2 aromatic heterocycles. The van der Waals surface area contributed by atoms with Crippen LogP contribution in [0.4, 0.5) is 5.69 Å². The fourth-order valence-electron chi connectivity index (χ4n) is 4.74. The maximum absolute atomic E-state index is 13.5. The first-order chi connectivity index (χ1) is 17.1. The number of rotatable bonds is 4. The molecule has 0 unspecified atom stereocenters. The van der Waals surface area contributed by atoms with Gasteiger partial charge in [0, 0.05) is 37.8 Å². The number of aromatic nitrogens is 4. The molecule has 1 aliphatic heterocycles. The Balaban J connectivity index is 1.56. The van der Waals surface area contributed by atoms with E-state index in [-0.39, 0.29) is 27.4 Å². The maximum Gasteiger partial charge on any atom is 0.259 e. The minimum absolute atomic E-state index is 0.0250. The average Bonchev–Trinajstić information content (AvgIpc) is 3.28. The van der Waals surface area contributed by atoms with Gasteiger partial charge in [0.15, 0.2) is 5.65 Å². The van der Waals surface area contributed by atoms with E-state index in [1.807, 2.05) is 37.8 Å². The van der Waals surface area contributed by atoms with E-state index in [0.29, 0.717) is 42.6 Å². The van der Waals surface area contributed by atoms with Crippen molar-refractivity contribution in [3.63, 3.8) is 0 Å². The lowest BCUT2D eigenvalue weighted by Crippen LogP contribution is -2.49. The van der Waals surface area contributed by atoms with Gasteiger partial charge in [-0.1, -0.05) is 36.8 Å². The molecule has 0 atom stereocenters. The van der Waals surface area contributed by atoms with Gasteiger partial charge < -0.3 is 14.8 Å². The zero-order valence-corrected chi connectivity index (χ0v) is 21.5. The molecule has 10 nitrogen and oxygen atoms in total. The number of sulfone groups is 1. The van der Waals surface area contributed by atoms with Crippen molar-refractivity contribution in [2.24, 2.45) is 5.92 Å². The molecule has 36 heavy (non-hydrogen) atoms. The number of fused-ring (bicyclic) bond motifs is 3. The van der Waals surface area contributed by atoms with Crippen LogP contribution < -0.4 is 10.5 Å². The number of H-pyrrole nitrogens is 1. The molecule has 0 saturated carbocycles. The van der Waals surface area contributed by atoms with Crippen molar-refractivity contribution in [2.45, 2.75) is 37.6 Å². The fourth-order valence-corrected chi connectivity index (χ4v) is 6.21. The summed E-state index contributed by atoms with van der Waals surface area (Å²) in [5.41, 5.74) is 2.46. The van der Waals surface area contributed by atoms with Crippen molar-refractivity contribution in [1.29, 1.82) is 0 Å². The zero-order chi connectivity index (χ0) is 25.8. The van der Waals surface area contributed by atoms with Gasteiger partial charge in [0.25, 0.3) is 5.56 Å². The standard InChI is InChI=1S/C25H28N6O4S/c1-15(2)25(33)30-11-9-29(10-12-30)18-6-7-19-20(14-18)31-22(26-23(19)32)24(27-28-31)36(34,35)21-8-5-16(3)13-17(21)4/h5-8,13-15H,9-12H2,1-4H3,(H,26,32). The highest BCUT2D eigenvalue weighted by Gasteiger charge is 2.28. The van der Waals surface area contributed by atoms with Crippen molar-refractivity contribution in [2.75, 3.05) is 31.1 Å². The molecule has 188 valence electrons. The third-order valence-electron chi connectivity index (χ3n) is 6.65. The van der Waals surface area contributed by atoms with Gasteiger partial charge in [-0.2, -0.15) is 4.52 Å². The molecule has 1 fully saturated rings. The molecule has 5 rings (SSSR count). The molecular weight excluding hydrogens is 480 g/mol. The van der Waals surface area contributed by atoms with Crippen molar-refractivity contribution in [3.05, 3.63) is 57.9 Å². The lowest BCUT2D eigenvalue weighted by Gasteiger charge is -2.37. The monoisotopic (exact) mass is 508 g/mol. The number of benzene rings is 2. The molecule has 0 bridgehead atoms. The van der Waals surface area contributed by atoms with Gasteiger partial charge in [0.05, 0.1) is 15.8 Å². The molecule has 2 aromatic carbocycles. The topological polar surface area (TPSA) is 121 Å². The SMILES string of the molecule is Cc1ccc(S(=O)(=O)c2nnn3c2[nH]c(=O)c2ccc(N4CCN(C(=O)C(C)C)CC4)cc23)c(C)c1. The number of nitrogens with zero attached hydrogens (tertiary/aromatic N) is 5. The van der Waals surface area contributed by atoms with Crippen LogP contribution in [0.2, 0.25) is 0 Å². The molecule has 1 N–H and O–H groups in total. The molecule has 11 heteroatoms. The first kappa shape index (κ1) is 24.0. The van der Waals surface area contributed by atoms with Gasteiger partial charge >= 0.3 is 0 Å². The number of hydrogen-bond donors (Lipinski definition) is 1. The molecule has 0 radical (unpaired) electrons. The normalized spacial score (nSPS) is 14.8. The van der Waals surface area contributed by atoms with E-state index in [9.17, 15) is 18.0 Å². The van der Waals surface area contributed by atoms with Gasteiger partial charge in [-0.15, -0.1) is 5.10 Å². The summed E-state index contributed by atoms with van der Waals surface area (Å²) in [4.78, 5) is 32.0. The highest BCUT2D eigenvalue weighted by Crippen LogP contribution is 2.27. The van der Waals surface area contributed by atoms with E-state index in [1.54, 1.807) is 31.2 Å². The quantitative estimate of drug-likeness (QED) is 0.449. The molecule has 4 aromatic rings. The number of nitrogens with one attached hydrogen (secondary N) is 1. The summed E-state index contributed by atoms with van der Waals surface area (Å²) in [6, 6.07) is 10.4. The van der Waals surface area contributed by atoms with Gasteiger partial charge in [-0.05, 0) is 43.7 Å². The summed E-state index contributed by atoms with van der Waals surface area (Å²) < 4.78 is 28.3. The number of amides is 1. The number of carbonyl (C=O) groups excluding carboxylic acids is 1. The number of piperazine rings is 1. The van der Waals surface area contributed by atoms with Crippen LogP contribution in [0.25, 0.3) is 16.6 Å². The molecule has 1 saturated heterocycles. The smallest absolute Gasteiger partial charge is 0.259 e. The highest BCUT2D eigenvalue weighted by molar-refractivity contribution is 7.91. The second-order valence-electron chi connectivity index (χ2n) is 9.55. The van der Waals surface area contributed by atoms with E-state index in [1.165, 1.54) is 4.52 Å². The summed E-state index contributed by atoms with van der Waals surface area (Å²) in [6.45, 7) is 9.94. The number of anilines is 1. The Bertz CT molecular complexity index is 1660. The van der Waals surface area contributed by atoms with Crippen LogP contribution in [0.15, 0.2) is 51.1 Å². The minimum Gasteiger partial charge on any atom is -0.368 e. The highest BCUT2D eigenvalue weighted by atomic mass is 32.2. The van der Waals surface area contributed by atoms with Gasteiger partial charge in [0.2, 0.25) is 20.8 Å². The van der Waals surface area contributed by atoms with Gasteiger partial charge in [0.1, 0.15) is 0 Å². The number of aromatic amines is 1. The van der Waals surface area contributed by atoms with Gasteiger partial charge in [-0.25, -0.2) is 8.42 Å². The van der Waals surface area contributed by atoms with E-state index in [0.717, 1.165) is 11.3 Å². The molecule has 3 heterocycles. The molecule has 1 aliphatic rings. The summed E-state index contributed by atoms with van der Waals surface area (Å²) in [5, 5.41) is 8.18.